The molecule has 6 heteroatoms. The zero-order valence-corrected chi connectivity index (χ0v) is 12.5. The Balaban J connectivity index is 1.90. The van der Waals surface area contributed by atoms with Crippen molar-refractivity contribution in [3.8, 4) is 0 Å². The highest BCUT2D eigenvalue weighted by Crippen LogP contribution is 2.30. The minimum atomic E-state index is -1.06. The Labute approximate surface area is 129 Å². The van der Waals surface area contributed by atoms with Gasteiger partial charge in [0.15, 0.2) is 0 Å². The van der Waals surface area contributed by atoms with Crippen molar-refractivity contribution in [2.45, 2.75) is 38.0 Å². The van der Waals surface area contributed by atoms with Crippen LogP contribution in [0.1, 0.15) is 24.8 Å². The van der Waals surface area contributed by atoms with E-state index in [2.05, 4.69) is 5.32 Å². The number of carboxylic acid groups (broad SMARTS) is 1. The molecule has 1 aromatic carbocycles. The maximum absolute atomic E-state index is 11.8. The van der Waals surface area contributed by atoms with Crippen molar-refractivity contribution in [1.29, 1.82) is 0 Å². The lowest BCUT2D eigenvalue weighted by molar-refractivity contribution is -0.142. The number of carbonyl (C=O) groups is 2. The zero-order valence-electron chi connectivity index (χ0n) is 12.5. The lowest BCUT2D eigenvalue weighted by Crippen LogP contribution is -2.48. The summed E-state index contributed by atoms with van der Waals surface area (Å²) in [5.74, 6) is -1.29. The van der Waals surface area contributed by atoms with E-state index in [1.807, 2.05) is 30.3 Å². The molecule has 3 atom stereocenters. The number of methoxy groups -OCH3 is 1. The van der Waals surface area contributed by atoms with Gasteiger partial charge in [-0.05, 0) is 18.4 Å². The first-order chi connectivity index (χ1) is 10.6. The number of alkyl carbamates (subject to hydrolysis) is 1. The van der Waals surface area contributed by atoms with Gasteiger partial charge in [-0.25, -0.2) is 9.59 Å². The number of hydrogen-bond donors (Lipinski definition) is 2. The predicted octanol–water partition coefficient (Wildman–Crippen LogP) is 2.18. The van der Waals surface area contributed by atoms with Crippen LogP contribution in [0.25, 0.3) is 0 Å². The molecule has 22 heavy (non-hydrogen) atoms. The number of hydrogen-bond acceptors (Lipinski definition) is 4. The molecule has 1 aromatic rings. The molecule has 0 aromatic heterocycles. The van der Waals surface area contributed by atoms with E-state index in [0.29, 0.717) is 6.42 Å². The number of amides is 1. The monoisotopic (exact) mass is 307 g/mol. The van der Waals surface area contributed by atoms with Crippen molar-refractivity contribution >= 4 is 12.1 Å². The van der Waals surface area contributed by atoms with Gasteiger partial charge >= 0.3 is 12.1 Å². The Hall–Kier alpha value is -2.08. The van der Waals surface area contributed by atoms with Crippen LogP contribution in [0.2, 0.25) is 0 Å². The molecule has 0 radical (unpaired) electrons. The molecule has 2 rings (SSSR count). The summed E-state index contributed by atoms with van der Waals surface area (Å²) < 4.78 is 10.4. The van der Waals surface area contributed by atoms with Gasteiger partial charge in [-0.1, -0.05) is 36.8 Å². The topological polar surface area (TPSA) is 84.9 Å². The van der Waals surface area contributed by atoms with E-state index < -0.39 is 18.1 Å². The summed E-state index contributed by atoms with van der Waals surface area (Å²) in [6, 6.07) is 8.24. The van der Waals surface area contributed by atoms with Crippen LogP contribution in [0, 0.1) is 5.92 Å². The number of nitrogens with one attached hydrogen (secondary N) is 1. The zero-order chi connectivity index (χ0) is 15.9. The van der Waals surface area contributed by atoms with Gasteiger partial charge in [-0.15, -0.1) is 0 Å². The maximum atomic E-state index is 11.8. The van der Waals surface area contributed by atoms with E-state index in [-0.39, 0.29) is 18.6 Å². The maximum Gasteiger partial charge on any atom is 0.408 e. The SMILES string of the molecule is COC1CCCC1C(NC(=O)OCc1ccccc1)C(=O)O. The van der Waals surface area contributed by atoms with Crippen molar-refractivity contribution in [3.05, 3.63) is 35.9 Å². The number of carbonyl (C=O) groups excluding carboxylic acids is 1. The fraction of sp³-hybridized carbons (Fsp3) is 0.500. The van der Waals surface area contributed by atoms with Crippen LogP contribution in [0.3, 0.4) is 0 Å². The summed E-state index contributed by atoms with van der Waals surface area (Å²) in [7, 11) is 1.57. The molecule has 120 valence electrons. The Morgan fingerprint density at radius 2 is 2.05 bits per heavy atom. The van der Waals surface area contributed by atoms with Crippen molar-refractivity contribution in [1.82, 2.24) is 5.32 Å². The van der Waals surface area contributed by atoms with Gasteiger partial charge in [-0.3, -0.25) is 0 Å². The molecule has 1 amide bonds. The first-order valence-corrected chi connectivity index (χ1v) is 7.34. The van der Waals surface area contributed by atoms with Gasteiger partial charge in [0, 0.05) is 13.0 Å². The van der Waals surface area contributed by atoms with E-state index in [4.69, 9.17) is 9.47 Å². The summed E-state index contributed by atoms with van der Waals surface area (Å²) >= 11 is 0. The van der Waals surface area contributed by atoms with Crippen LogP contribution < -0.4 is 5.32 Å². The van der Waals surface area contributed by atoms with Gasteiger partial charge in [-0.2, -0.15) is 0 Å². The number of rotatable bonds is 6. The first kappa shape index (κ1) is 16.3. The molecule has 1 aliphatic carbocycles. The lowest BCUT2D eigenvalue weighted by atomic mass is 9.96. The summed E-state index contributed by atoms with van der Waals surface area (Å²) in [6.45, 7) is 0.109. The first-order valence-electron chi connectivity index (χ1n) is 7.34. The quantitative estimate of drug-likeness (QED) is 0.841. The number of aliphatic carboxylic acids is 1. The molecule has 0 heterocycles. The molecule has 0 bridgehead atoms. The second kappa shape index (κ2) is 7.79. The summed E-state index contributed by atoms with van der Waals surface area (Å²) in [4.78, 5) is 23.3. The van der Waals surface area contributed by atoms with Gasteiger partial charge in [0.25, 0.3) is 0 Å². The lowest BCUT2D eigenvalue weighted by Gasteiger charge is -2.25. The van der Waals surface area contributed by atoms with Gasteiger partial charge < -0.3 is 19.9 Å². The van der Waals surface area contributed by atoms with Crippen LogP contribution in [-0.4, -0.2) is 36.4 Å². The van der Waals surface area contributed by atoms with E-state index in [1.165, 1.54) is 0 Å². The van der Waals surface area contributed by atoms with Crippen LogP contribution in [0.4, 0.5) is 4.79 Å². The van der Waals surface area contributed by atoms with E-state index in [9.17, 15) is 14.7 Å². The molecule has 1 fully saturated rings. The average Bonchev–Trinajstić information content (AvgIpc) is 2.99. The Morgan fingerprint density at radius 3 is 2.68 bits per heavy atom. The predicted molar refractivity (Wildman–Crippen MR) is 79.3 cm³/mol. The molecule has 0 spiro atoms. The molecular weight excluding hydrogens is 286 g/mol. The number of carboxylic acids is 1. The van der Waals surface area contributed by atoms with Crippen molar-refractivity contribution in [2.24, 2.45) is 5.92 Å². The van der Waals surface area contributed by atoms with Crippen LogP contribution in [0.5, 0.6) is 0 Å². The Kier molecular flexibility index (Phi) is 5.77. The highest BCUT2D eigenvalue weighted by molar-refractivity contribution is 5.80. The van der Waals surface area contributed by atoms with E-state index in [1.54, 1.807) is 7.11 Å². The third-order valence-electron chi connectivity index (χ3n) is 3.99. The van der Waals surface area contributed by atoms with E-state index in [0.717, 1.165) is 18.4 Å². The van der Waals surface area contributed by atoms with E-state index >= 15 is 0 Å². The third-order valence-corrected chi connectivity index (χ3v) is 3.99. The fourth-order valence-corrected chi connectivity index (χ4v) is 2.87. The average molecular weight is 307 g/mol. The summed E-state index contributed by atoms with van der Waals surface area (Å²) in [5.41, 5.74) is 0.847. The number of ether oxygens (including phenoxy) is 2. The standard InChI is InChI=1S/C16H21NO5/c1-21-13-9-5-8-12(13)14(15(18)19)17-16(20)22-10-11-6-3-2-4-7-11/h2-4,6-7,12-14H,5,8-10H2,1H3,(H,17,20)(H,18,19). The van der Waals surface area contributed by atoms with Crippen LogP contribution >= 0.6 is 0 Å². The van der Waals surface area contributed by atoms with Crippen LogP contribution in [-0.2, 0) is 20.9 Å². The molecule has 6 nitrogen and oxygen atoms in total. The highest BCUT2D eigenvalue weighted by atomic mass is 16.5. The van der Waals surface area contributed by atoms with Crippen molar-refractivity contribution in [3.63, 3.8) is 0 Å². The fourth-order valence-electron chi connectivity index (χ4n) is 2.87. The minimum Gasteiger partial charge on any atom is -0.480 e. The largest absolute Gasteiger partial charge is 0.480 e. The molecule has 0 saturated heterocycles. The Bertz CT molecular complexity index is 505. The molecule has 2 N–H and O–H groups in total. The molecule has 0 aliphatic heterocycles. The summed E-state index contributed by atoms with van der Waals surface area (Å²) in [5, 5.41) is 11.8. The van der Waals surface area contributed by atoms with Gasteiger partial charge in [0.1, 0.15) is 12.6 Å². The Morgan fingerprint density at radius 1 is 1.32 bits per heavy atom. The van der Waals surface area contributed by atoms with Gasteiger partial charge in [0.05, 0.1) is 6.10 Å². The smallest absolute Gasteiger partial charge is 0.408 e. The van der Waals surface area contributed by atoms with Crippen LogP contribution in [0.15, 0.2) is 30.3 Å². The molecule has 3 unspecified atom stereocenters. The highest BCUT2D eigenvalue weighted by Gasteiger charge is 2.39. The molecular formula is C16H21NO5. The second-order valence-electron chi connectivity index (χ2n) is 5.39. The molecule has 1 saturated carbocycles. The normalized spacial score (nSPS) is 22.0. The van der Waals surface area contributed by atoms with Gasteiger partial charge in [0.2, 0.25) is 0 Å². The second-order valence-corrected chi connectivity index (χ2v) is 5.39. The minimum absolute atomic E-state index is 0.109. The molecule has 1 aliphatic rings. The van der Waals surface area contributed by atoms with Crippen molar-refractivity contribution in [2.75, 3.05) is 7.11 Å². The summed E-state index contributed by atoms with van der Waals surface area (Å²) in [6.07, 6.45) is 1.56. The third kappa shape index (κ3) is 4.21. The number of benzene rings is 1. The van der Waals surface area contributed by atoms with Crippen molar-refractivity contribution < 1.29 is 24.2 Å².